The fraction of sp³-hybridized carbons (Fsp3) is 0.488. The van der Waals surface area contributed by atoms with Gasteiger partial charge in [0, 0.05) is 50.8 Å². The smallest absolute Gasteiger partial charge is 0.252 e. The number of hydrogen-bond donors (Lipinski definition) is 0. The van der Waals surface area contributed by atoms with E-state index in [2.05, 4.69) is 275 Å². The van der Waals surface area contributed by atoms with Crippen molar-refractivity contribution in [2.45, 2.75) is 257 Å². The van der Waals surface area contributed by atoms with E-state index in [1.807, 2.05) is 0 Å². The van der Waals surface area contributed by atoms with Crippen LogP contribution in [0.25, 0.3) is 11.1 Å². The third-order valence-electron chi connectivity index (χ3n) is 24.5. The van der Waals surface area contributed by atoms with Gasteiger partial charge in [-0.2, -0.15) is 0 Å². The Balaban J connectivity index is 1.18. The first-order valence-corrected chi connectivity index (χ1v) is 33.5. The van der Waals surface area contributed by atoms with Gasteiger partial charge in [-0.3, -0.25) is 0 Å². The summed E-state index contributed by atoms with van der Waals surface area (Å²) in [7, 11) is 0. The second-order valence-electron chi connectivity index (χ2n) is 34.9. The second-order valence-corrected chi connectivity index (χ2v) is 34.9. The van der Waals surface area contributed by atoms with Crippen molar-refractivity contribution >= 4 is 68.6 Å². The number of hydrogen-bond acceptors (Lipinski definition) is 3. The summed E-state index contributed by atoms with van der Waals surface area (Å²) < 4.78 is 0. The van der Waals surface area contributed by atoms with E-state index in [1.165, 1.54) is 162 Å². The van der Waals surface area contributed by atoms with Crippen LogP contribution in [0.4, 0.5) is 45.5 Å². The lowest BCUT2D eigenvalue weighted by molar-refractivity contribution is 0.195. The number of anilines is 8. The summed E-state index contributed by atoms with van der Waals surface area (Å²) in [5, 5.41) is 0. The van der Waals surface area contributed by atoms with Gasteiger partial charge in [0.2, 0.25) is 0 Å². The molecule has 2 unspecified atom stereocenters. The Kier molecular flexibility index (Phi) is 12.3. The molecule has 0 amide bonds. The van der Waals surface area contributed by atoms with Gasteiger partial charge in [-0.25, -0.2) is 0 Å². The van der Waals surface area contributed by atoms with Crippen LogP contribution in [0.15, 0.2) is 121 Å². The fourth-order valence-corrected chi connectivity index (χ4v) is 18.1. The predicted molar refractivity (Wildman–Crippen MR) is 372 cm³/mol. The van der Waals surface area contributed by atoms with Gasteiger partial charge in [-0.1, -0.05) is 211 Å². The highest BCUT2D eigenvalue weighted by Crippen LogP contribution is 2.63. The van der Waals surface area contributed by atoms with Crippen LogP contribution in [0.1, 0.15) is 253 Å². The molecular formula is C82H100BN3. The Hall–Kier alpha value is -6.00. The molecule has 3 aliphatic heterocycles. The van der Waals surface area contributed by atoms with E-state index in [4.69, 9.17) is 0 Å². The summed E-state index contributed by atoms with van der Waals surface area (Å²) in [5.41, 5.74) is 30.6. The summed E-state index contributed by atoms with van der Waals surface area (Å²) in [5.74, 6) is 0. The van der Waals surface area contributed by atoms with Gasteiger partial charge in [0.25, 0.3) is 6.71 Å². The third-order valence-corrected chi connectivity index (χ3v) is 24.5. The first-order chi connectivity index (χ1) is 40.1. The summed E-state index contributed by atoms with van der Waals surface area (Å²) in [4.78, 5) is 8.54. The van der Waals surface area contributed by atoms with E-state index < -0.39 is 0 Å². The Bertz CT molecular complexity index is 3980. The molecule has 86 heavy (non-hydrogen) atoms. The number of benzene rings is 7. The zero-order chi connectivity index (χ0) is 61.2. The molecule has 446 valence electrons. The highest BCUT2D eigenvalue weighted by molar-refractivity contribution is 7.00. The van der Waals surface area contributed by atoms with Gasteiger partial charge >= 0.3 is 0 Å². The standard InChI is InChI=1S/C82H100BN3/c1-73(2,3)52-28-32-66(56(42-52)51-26-22-21-23-27-51)85-69-50-62-60(78(13,14)39-41-80(62,17)18)48-65(69)83-64-47-59-61(79(15,16)40-38-77(59,11)12)49-68(64)84(54-30-31-57-58(44-54)76(9,10)37-36-75(57,7)8)70-45-55(46-71(85)72(70)83)86-67-33-29-53(74(4,5)6)43-63(67)81(19)34-24-25-35-82(81,86)20/h21-23,26-33,42-50H,24-25,34-41H2,1-20H3. The molecular weight excluding hydrogens is 1040 g/mol. The van der Waals surface area contributed by atoms with Crippen LogP contribution in [0.2, 0.25) is 0 Å². The number of rotatable bonds is 4. The van der Waals surface area contributed by atoms with Crippen molar-refractivity contribution in [1.29, 1.82) is 0 Å². The van der Waals surface area contributed by atoms with Crippen LogP contribution in [0.3, 0.4) is 0 Å². The van der Waals surface area contributed by atoms with Gasteiger partial charge in [0.05, 0.1) is 11.2 Å². The molecule has 3 nitrogen and oxygen atoms in total. The molecule has 0 saturated heterocycles. The summed E-state index contributed by atoms with van der Waals surface area (Å²) >= 11 is 0. The first kappa shape index (κ1) is 57.7. The zero-order valence-electron chi connectivity index (χ0n) is 56.5. The molecule has 14 rings (SSSR count). The lowest BCUT2D eigenvalue weighted by Crippen LogP contribution is -2.62. The van der Waals surface area contributed by atoms with Crippen LogP contribution < -0.4 is 31.1 Å². The summed E-state index contributed by atoms with van der Waals surface area (Å²) in [6, 6.07) is 50.7. The van der Waals surface area contributed by atoms with Crippen molar-refractivity contribution in [3.8, 4) is 11.1 Å². The normalized spacial score (nSPS) is 23.9. The van der Waals surface area contributed by atoms with E-state index in [0.717, 1.165) is 25.7 Å². The fourth-order valence-electron chi connectivity index (χ4n) is 18.1. The average molecular weight is 1140 g/mol. The minimum absolute atomic E-state index is 0.00681. The highest BCUT2D eigenvalue weighted by Gasteiger charge is 2.59. The molecule has 0 spiro atoms. The first-order valence-electron chi connectivity index (χ1n) is 33.5. The lowest BCUT2D eigenvalue weighted by atomic mass is 9.32. The lowest BCUT2D eigenvalue weighted by Gasteiger charge is -2.52. The van der Waals surface area contributed by atoms with E-state index >= 15 is 0 Å². The Morgan fingerprint density at radius 3 is 1.34 bits per heavy atom. The van der Waals surface area contributed by atoms with Gasteiger partial charge in [-0.15, -0.1) is 0 Å². The maximum absolute atomic E-state index is 2.90. The molecule has 7 aliphatic rings. The van der Waals surface area contributed by atoms with Crippen molar-refractivity contribution in [3.05, 3.63) is 171 Å². The van der Waals surface area contributed by atoms with Crippen molar-refractivity contribution < 1.29 is 0 Å². The van der Waals surface area contributed by atoms with Gasteiger partial charge in [0.15, 0.2) is 0 Å². The predicted octanol–water partition coefficient (Wildman–Crippen LogP) is 20.8. The summed E-state index contributed by atoms with van der Waals surface area (Å²) in [6.07, 6.45) is 11.8. The van der Waals surface area contributed by atoms with Gasteiger partial charge in [-0.05, 0) is 228 Å². The van der Waals surface area contributed by atoms with Crippen LogP contribution in [-0.2, 0) is 48.7 Å². The molecule has 0 radical (unpaired) electrons. The molecule has 7 aromatic rings. The largest absolute Gasteiger partial charge is 0.334 e. The van der Waals surface area contributed by atoms with Crippen molar-refractivity contribution in [2.75, 3.05) is 14.7 Å². The van der Waals surface area contributed by atoms with Crippen molar-refractivity contribution in [1.82, 2.24) is 0 Å². The molecule has 0 aromatic heterocycles. The monoisotopic (exact) mass is 1140 g/mol. The molecule has 4 heteroatoms. The van der Waals surface area contributed by atoms with Gasteiger partial charge < -0.3 is 14.7 Å². The summed E-state index contributed by atoms with van der Waals surface area (Å²) in [6.45, 7) is 49.8. The van der Waals surface area contributed by atoms with Crippen molar-refractivity contribution in [3.63, 3.8) is 0 Å². The van der Waals surface area contributed by atoms with Crippen LogP contribution in [-0.4, -0.2) is 12.3 Å². The molecule has 7 aromatic carbocycles. The Morgan fingerprint density at radius 2 is 0.802 bits per heavy atom. The van der Waals surface area contributed by atoms with Crippen molar-refractivity contribution in [2.24, 2.45) is 0 Å². The number of fused-ring (bicyclic) bond motifs is 10. The minimum Gasteiger partial charge on any atom is -0.334 e. The molecule has 4 aliphatic carbocycles. The van der Waals surface area contributed by atoms with E-state index in [1.54, 1.807) is 0 Å². The molecule has 3 heterocycles. The zero-order valence-corrected chi connectivity index (χ0v) is 56.5. The Morgan fingerprint density at radius 1 is 0.349 bits per heavy atom. The van der Waals surface area contributed by atoms with Crippen LogP contribution in [0, 0.1) is 0 Å². The second kappa shape index (κ2) is 18.3. The highest BCUT2D eigenvalue weighted by atomic mass is 15.3. The third kappa shape index (κ3) is 8.30. The maximum Gasteiger partial charge on any atom is 0.252 e. The molecule has 1 saturated carbocycles. The molecule has 0 bridgehead atoms. The minimum atomic E-state index is -0.173. The maximum atomic E-state index is 2.90. The van der Waals surface area contributed by atoms with Crippen LogP contribution >= 0.6 is 0 Å². The van der Waals surface area contributed by atoms with E-state index in [-0.39, 0.29) is 61.0 Å². The quantitative estimate of drug-likeness (QED) is 0.163. The van der Waals surface area contributed by atoms with Gasteiger partial charge in [0.1, 0.15) is 0 Å². The SMILES string of the molecule is CC(C)(C)c1ccc(N2c3cc4c(cc3B3c5cc6c(cc5N(c5ccc7c(c5)C(C)(C)CCC7(C)C)c5cc(N7c8ccc(C(C)(C)C)cc8C8(C)CCCCC78C)cc2c53)C(C)(C)CCC6(C)C)C(C)(C)CCC4(C)C)c(-c2ccccc2)c1. The molecule has 0 N–H and O–H groups in total. The van der Waals surface area contributed by atoms with Crippen LogP contribution in [0.5, 0.6) is 0 Å². The number of nitrogens with zero attached hydrogens (tertiary/aromatic N) is 3. The Labute approximate surface area is 519 Å². The average Bonchev–Trinajstić information content (AvgIpc) is 1.07. The molecule has 2 atom stereocenters. The van der Waals surface area contributed by atoms with E-state index in [9.17, 15) is 0 Å². The topological polar surface area (TPSA) is 9.72 Å². The van der Waals surface area contributed by atoms with E-state index in [0.29, 0.717) is 0 Å². The molecule has 1 fully saturated rings.